The molecule has 1 aromatic heterocycles. The third-order valence-corrected chi connectivity index (χ3v) is 4.04. The van der Waals surface area contributed by atoms with E-state index in [9.17, 15) is 4.79 Å². The number of nitrogens with zero attached hydrogens (tertiary/aromatic N) is 1. The van der Waals surface area contributed by atoms with Gasteiger partial charge in [0.1, 0.15) is 10.6 Å². The minimum Gasteiger partial charge on any atom is -0.504 e. The van der Waals surface area contributed by atoms with E-state index in [1.54, 1.807) is 12.1 Å². The Kier molecular flexibility index (Phi) is 5.18. The fourth-order valence-electron chi connectivity index (χ4n) is 1.84. The molecule has 0 bridgehead atoms. The number of carbonyl (C=O) groups is 1. The lowest BCUT2D eigenvalue weighted by Gasteiger charge is -2.11. The molecule has 0 saturated heterocycles. The Morgan fingerprint density at radius 3 is 2.73 bits per heavy atom. The zero-order valence-corrected chi connectivity index (χ0v) is 13.6. The Morgan fingerprint density at radius 2 is 2.09 bits per heavy atom. The van der Waals surface area contributed by atoms with Crippen LogP contribution in [-0.4, -0.2) is 19.7 Å². The zero-order valence-electron chi connectivity index (χ0n) is 12.8. The van der Waals surface area contributed by atoms with Crippen molar-refractivity contribution in [1.82, 2.24) is 0 Å². The van der Waals surface area contributed by atoms with Crippen molar-refractivity contribution < 1.29 is 14.3 Å². The first kappa shape index (κ1) is 16.1. The molecule has 0 aliphatic heterocycles. The summed E-state index contributed by atoms with van der Waals surface area (Å²) >= 11 is 1.34. The Balaban J connectivity index is 2.28. The monoisotopic (exact) mass is 315 g/mol. The van der Waals surface area contributed by atoms with Crippen molar-refractivity contribution in [2.45, 2.75) is 13.8 Å². The van der Waals surface area contributed by atoms with Crippen molar-refractivity contribution in [3.8, 4) is 16.2 Å². The van der Waals surface area contributed by atoms with E-state index in [0.29, 0.717) is 28.8 Å². The Hall–Kier alpha value is -2.32. The number of thiophene rings is 1. The van der Waals surface area contributed by atoms with Crippen LogP contribution in [0.1, 0.15) is 23.5 Å². The number of rotatable bonds is 5. The third-order valence-electron chi connectivity index (χ3n) is 2.93. The molecule has 0 unspecified atom stereocenters. The lowest BCUT2D eigenvalue weighted by atomic mass is 10.1. The van der Waals surface area contributed by atoms with Gasteiger partial charge in [-0.05, 0) is 35.7 Å². The Bertz CT molecular complexity index is 713. The summed E-state index contributed by atoms with van der Waals surface area (Å²) in [7, 11) is 1.36. The normalized spacial score (nSPS) is 10.3. The first-order valence-corrected chi connectivity index (χ1v) is 7.69. The van der Waals surface area contributed by atoms with Crippen LogP contribution >= 0.6 is 11.3 Å². The molecule has 5 heteroatoms. The molecular formula is C17H17NO3S. The molecule has 0 N–H and O–H groups in total. The van der Waals surface area contributed by atoms with Gasteiger partial charge in [0, 0.05) is 4.88 Å². The van der Waals surface area contributed by atoms with E-state index in [0.717, 1.165) is 10.4 Å². The van der Waals surface area contributed by atoms with Crippen molar-refractivity contribution in [2.24, 2.45) is 5.92 Å². The van der Waals surface area contributed by atoms with Gasteiger partial charge in [0.15, 0.2) is 0 Å². The molecule has 0 fully saturated rings. The summed E-state index contributed by atoms with van der Waals surface area (Å²) in [6, 6.07) is 9.08. The summed E-state index contributed by atoms with van der Waals surface area (Å²) in [6.07, 6.45) is 0. The molecule has 4 nitrogen and oxygen atoms in total. The second-order valence-corrected chi connectivity index (χ2v) is 6.24. The molecule has 22 heavy (non-hydrogen) atoms. The SMILES string of the molecule is [C-]#[N+]c1cc(-c2ccc(C(=O)OC)s2)ccc1OCC(C)C. The zero-order chi connectivity index (χ0) is 16.1. The molecule has 114 valence electrons. The van der Waals surface area contributed by atoms with E-state index >= 15 is 0 Å². The number of hydrogen-bond acceptors (Lipinski definition) is 4. The number of methoxy groups -OCH3 is 1. The molecule has 2 aromatic rings. The van der Waals surface area contributed by atoms with E-state index in [2.05, 4.69) is 18.7 Å². The highest BCUT2D eigenvalue weighted by molar-refractivity contribution is 7.17. The fourth-order valence-corrected chi connectivity index (χ4v) is 2.76. The topological polar surface area (TPSA) is 39.9 Å². The van der Waals surface area contributed by atoms with Crippen LogP contribution in [-0.2, 0) is 4.74 Å². The van der Waals surface area contributed by atoms with Gasteiger partial charge in [-0.2, -0.15) is 0 Å². The molecular weight excluding hydrogens is 298 g/mol. The van der Waals surface area contributed by atoms with Crippen molar-refractivity contribution in [1.29, 1.82) is 0 Å². The Morgan fingerprint density at radius 1 is 1.32 bits per heavy atom. The van der Waals surface area contributed by atoms with Crippen LogP contribution in [0.4, 0.5) is 5.69 Å². The van der Waals surface area contributed by atoms with Crippen LogP contribution in [0.5, 0.6) is 5.75 Å². The largest absolute Gasteiger partial charge is 0.504 e. The number of esters is 1. The molecule has 0 aliphatic carbocycles. The fraction of sp³-hybridized carbons (Fsp3) is 0.294. The first-order chi connectivity index (χ1) is 10.5. The molecule has 0 radical (unpaired) electrons. The lowest BCUT2D eigenvalue weighted by molar-refractivity contribution is 0.0606. The maximum absolute atomic E-state index is 11.5. The average molecular weight is 315 g/mol. The van der Waals surface area contributed by atoms with Crippen LogP contribution in [0.2, 0.25) is 0 Å². The van der Waals surface area contributed by atoms with E-state index in [1.807, 2.05) is 18.2 Å². The number of hydrogen-bond donors (Lipinski definition) is 0. The van der Waals surface area contributed by atoms with Crippen molar-refractivity contribution in [3.63, 3.8) is 0 Å². The molecule has 0 amide bonds. The van der Waals surface area contributed by atoms with Gasteiger partial charge >= 0.3 is 5.97 Å². The predicted octanol–water partition coefficient (Wildman–Crippen LogP) is 4.79. The van der Waals surface area contributed by atoms with Crippen molar-refractivity contribution in [3.05, 3.63) is 46.6 Å². The third kappa shape index (κ3) is 3.66. The summed E-state index contributed by atoms with van der Waals surface area (Å²) in [4.78, 5) is 16.5. The maximum Gasteiger partial charge on any atom is 0.348 e. The van der Waals surface area contributed by atoms with E-state index in [-0.39, 0.29) is 5.97 Å². The lowest BCUT2D eigenvalue weighted by Crippen LogP contribution is -2.04. The predicted molar refractivity (Wildman–Crippen MR) is 87.7 cm³/mol. The van der Waals surface area contributed by atoms with Gasteiger partial charge < -0.3 is 9.47 Å². The highest BCUT2D eigenvalue weighted by Crippen LogP contribution is 2.36. The number of ether oxygens (including phenoxy) is 2. The second kappa shape index (κ2) is 7.10. The molecule has 0 saturated carbocycles. The van der Waals surface area contributed by atoms with Crippen LogP contribution in [0, 0.1) is 12.5 Å². The minimum atomic E-state index is -0.349. The molecule has 2 rings (SSSR count). The highest BCUT2D eigenvalue weighted by Gasteiger charge is 2.12. The van der Waals surface area contributed by atoms with Gasteiger partial charge in [-0.15, -0.1) is 11.3 Å². The average Bonchev–Trinajstić information content (AvgIpc) is 3.01. The summed E-state index contributed by atoms with van der Waals surface area (Å²) in [5.41, 5.74) is 1.37. The maximum atomic E-state index is 11.5. The summed E-state index contributed by atoms with van der Waals surface area (Å²) in [5, 5.41) is 0. The second-order valence-electron chi connectivity index (χ2n) is 5.15. The summed E-state index contributed by atoms with van der Waals surface area (Å²) in [5.74, 6) is 0.647. The molecule has 1 aromatic carbocycles. The van der Waals surface area contributed by atoms with Crippen LogP contribution in [0.25, 0.3) is 15.3 Å². The van der Waals surface area contributed by atoms with Crippen molar-refractivity contribution >= 4 is 23.0 Å². The smallest absolute Gasteiger partial charge is 0.348 e. The first-order valence-electron chi connectivity index (χ1n) is 6.88. The van der Waals surface area contributed by atoms with E-state index in [1.165, 1.54) is 18.4 Å². The Labute approximate surface area is 134 Å². The van der Waals surface area contributed by atoms with Crippen LogP contribution in [0.15, 0.2) is 30.3 Å². The molecule has 1 heterocycles. The highest BCUT2D eigenvalue weighted by atomic mass is 32.1. The van der Waals surface area contributed by atoms with Crippen LogP contribution < -0.4 is 4.74 Å². The van der Waals surface area contributed by atoms with E-state index < -0.39 is 0 Å². The minimum absolute atomic E-state index is 0.349. The summed E-state index contributed by atoms with van der Waals surface area (Å²) < 4.78 is 10.4. The van der Waals surface area contributed by atoms with Gasteiger partial charge in [0.05, 0.1) is 20.3 Å². The quantitative estimate of drug-likeness (QED) is 0.588. The van der Waals surface area contributed by atoms with Gasteiger partial charge in [-0.3, -0.25) is 0 Å². The number of carbonyl (C=O) groups excluding carboxylic acids is 1. The number of benzene rings is 1. The standard InChI is InChI=1S/C17H17NO3S/c1-11(2)10-21-14-6-5-12(9-13(14)18-3)15-7-8-16(22-15)17(19)20-4/h5-9,11H,10H2,1-2,4H3. The molecule has 0 atom stereocenters. The molecule has 0 aliphatic rings. The molecule has 0 spiro atoms. The van der Waals surface area contributed by atoms with Crippen LogP contribution in [0.3, 0.4) is 0 Å². The summed E-state index contributed by atoms with van der Waals surface area (Å²) in [6.45, 7) is 12.0. The van der Waals surface area contributed by atoms with E-state index in [4.69, 9.17) is 16.0 Å². The van der Waals surface area contributed by atoms with Gasteiger partial charge in [-0.1, -0.05) is 19.9 Å². The van der Waals surface area contributed by atoms with Gasteiger partial charge in [-0.25, -0.2) is 9.64 Å². The van der Waals surface area contributed by atoms with Gasteiger partial charge in [0.25, 0.3) is 0 Å². The van der Waals surface area contributed by atoms with Gasteiger partial charge in [0.2, 0.25) is 5.69 Å². The van der Waals surface area contributed by atoms with Crippen molar-refractivity contribution in [2.75, 3.05) is 13.7 Å².